The summed E-state index contributed by atoms with van der Waals surface area (Å²) in [6, 6.07) is 1.59. The maximum atomic E-state index is 9.03. The normalized spacial score (nSPS) is 10.6. The standard InChI is InChI=1S/C7H7N3O/c1-10-4-7-6(9-10)2-5(11)3-8-7/h2-4,11H,1H3. The molecule has 2 aromatic heterocycles. The lowest BCUT2D eigenvalue weighted by atomic mass is 10.4. The van der Waals surface area contributed by atoms with Crippen LogP contribution in [0.2, 0.25) is 0 Å². The summed E-state index contributed by atoms with van der Waals surface area (Å²) in [5.41, 5.74) is 1.51. The van der Waals surface area contributed by atoms with E-state index < -0.39 is 0 Å². The fraction of sp³-hybridized carbons (Fsp3) is 0.143. The molecular weight excluding hydrogens is 142 g/mol. The second-order valence-electron chi connectivity index (χ2n) is 2.40. The van der Waals surface area contributed by atoms with Gasteiger partial charge in [0.05, 0.1) is 12.4 Å². The Balaban J connectivity index is 2.82. The molecule has 1 N–H and O–H groups in total. The zero-order valence-electron chi connectivity index (χ0n) is 6.02. The van der Waals surface area contributed by atoms with Crippen molar-refractivity contribution in [2.24, 2.45) is 7.05 Å². The Hall–Kier alpha value is -1.58. The molecule has 4 heteroatoms. The van der Waals surface area contributed by atoms with Crippen LogP contribution in [0.5, 0.6) is 5.75 Å². The first-order valence-electron chi connectivity index (χ1n) is 3.24. The van der Waals surface area contributed by atoms with E-state index >= 15 is 0 Å². The monoisotopic (exact) mass is 149 g/mol. The summed E-state index contributed by atoms with van der Waals surface area (Å²) in [6.07, 6.45) is 3.21. The summed E-state index contributed by atoms with van der Waals surface area (Å²) >= 11 is 0. The van der Waals surface area contributed by atoms with Crippen LogP contribution in [0.3, 0.4) is 0 Å². The molecule has 0 aliphatic heterocycles. The van der Waals surface area contributed by atoms with Crippen molar-refractivity contribution in [3.63, 3.8) is 0 Å². The molecule has 0 aliphatic carbocycles. The molecular formula is C7H7N3O. The van der Waals surface area contributed by atoms with Crippen LogP contribution in [0.25, 0.3) is 11.0 Å². The number of fused-ring (bicyclic) bond motifs is 1. The van der Waals surface area contributed by atoms with Crippen molar-refractivity contribution in [1.29, 1.82) is 0 Å². The van der Waals surface area contributed by atoms with Crippen molar-refractivity contribution in [1.82, 2.24) is 14.8 Å². The molecule has 0 saturated carbocycles. The third-order valence-corrected chi connectivity index (χ3v) is 1.46. The number of pyridine rings is 1. The highest BCUT2D eigenvalue weighted by atomic mass is 16.3. The van der Waals surface area contributed by atoms with Gasteiger partial charge in [0.1, 0.15) is 16.8 Å². The van der Waals surface area contributed by atoms with Crippen molar-refractivity contribution in [3.05, 3.63) is 18.5 Å². The Morgan fingerprint density at radius 3 is 3.09 bits per heavy atom. The number of nitrogens with zero attached hydrogens (tertiary/aromatic N) is 3. The predicted molar refractivity (Wildman–Crippen MR) is 40.2 cm³/mol. The van der Waals surface area contributed by atoms with Crippen molar-refractivity contribution >= 4 is 11.0 Å². The van der Waals surface area contributed by atoms with Crippen LogP contribution in [0.4, 0.5) is 0 Å². The van der Waals surface area contributed by atoms with Gasteiger partial charge >= 0.3 is 0 Å². The second kappa shape index (κ2) is 1.95. The molecule has 0 radical (unpaired) electrons. The molecule has 2 rings (SSSR count). The summed E-state index contributed by atoms with van der Waals surface area (Å²) in [5.74, 6) is 0.149. The summed E-state index contributed by atoms with van der Waals surface area (Å²) in [7, 11) is 1.82. The van der Waals surface area contributed by atoms with E-state index in [9.17, 15) is 0 Å². The zero-order chi connectivity index (χ0) is 7.84. The molecule has 2 aromatic rings. The van der Waals surface area contributed by atoms with Gasteiger partial charge in [0.25, 0.3) is 0 Å². The Morgan fingerprint density at radius 2 is 2.27 bits per heavy atom. The van der Waals surface area contributed by atoms with Gasteiger partial charge in [-0.2, -0.15) is 5.10 Å². The van der Waals surface area contributed by atoms with E-state index in [0.29, 0.717) is 5.52 Å². The maximum absolute atomic E-state index is 9.03. The molecule has 0 fully saturated rings. The molecule has 0 spiro atoms. The van der Waals surface area contributed by atoms with Gasteiger partial charge in [-0.3, -0.25) is 4.68 Å². The van der Waals surface area contributed by atoms with Crippen LogP contribution in [-0.2, 0) is 7.05 Å². The van der Waals surface area contributed by atoms with E-state index in [1.807, 2.05) is 7.05 Å². The Kier molecular flexibility index (Phi) is 1.09. The zero-order valence-corrected chi connectivity index (χ0v) is 6.02. The van der Waals surface area contributed by atoms with Crippen LogP contribution in [0, 0.1) is 0 Å². The van der Waals surface area contributed by atoms with Gasteiger partial charge in [0, 0.05) is 13.1 Å². The van der Waals surface area contributed by atoms with Gasteiger partial charge < -0.3 is 5.11 Å². The van der Waals surface area contributed by atoms with Crippen molar-refractivity contribution in [3.8, 4) is 5.75 Å². The van der Waals surface area contributed by atoms with E-state index in [1.54, 1.807) is 16.9 Å². The van der Waals surface area contributed by atoms with Gasteiger partial charge in [-0.15, -0.1) is 0 Å². The van der Waals surface area contributed by atoms with Crippen LogP contribution >= 0.6 is 0 Å². The Bertz CT molecular complexity index is 393. The van der Waals surface area contributed by atoms with Crippen LogP contribution < -0.4 is 0 Å². The SMILES string of the molecule is Cn1cc2ncc(O)cc2n1. The fourth-order valence-corrected chi connectivity index (χ4v) is 1.01. The van der Waals surface area contributed by atoms with E-state index in [0.717, 1.165) is 5.52 Å². The first-order valence-corrected chi connectivity index (χ1v) is 3.24. The first-order chi connectivity index (χ1) is 5.25. The molecule has 0 saturated heterocycles. The summed E-state index contributed by atoms with van der Waals surface area (Å²) in [4.78, 5) is 3.97. The molecule has 0 unspecified atom stereocenters. The van der Waals surface area contributed by atoms with Crippen molar-refractivity contribution < 1.29 is 5.11 Å². The van der Waals surface area contributed by atoms with Gasteiger partial charge in [-0.05, 0) is 0 Å². The fourth-order valence-electron chi connectivity index (χ4n) is 1.01. The summed E-state index contributed by atoms with van der Waals surface area (Å²) < 4.78 is 1.66. The summed E-state index contributed by atoms with van der Waals surface area (Å²) in [5, 5.41) is 13.1. The van der Waals surface area contributed by atoms with E-state index in [4.69, 9.17) is 5.11 Å². The van der Waals surface area contributed by atoms with Gasteiger partial charge in [0.15, 0.2) is 0 Å². The molecule has 0 aromatic carbocycles. The minimum absolute atomic E-state index is 0.149. The smallest absolute Gasteiger partial charge is 0.136 e. The lowest BCUT2D eigenvalue weighted by Crippen LogP contribution is -1.84. The van der Waals surface area contributed by atoms with Crippen molar-refractivity contribution in [2.45, 2.75) is 0 Å². The van der Waals surface area contributed by atoms with Gasteiger partial charge in [-0.1, -0.05) is 0 Å². The largest absolute Gasteiger partial charge is 0.506 e. The molecule has 56 valence electrons. The minimum Gasteiger partial charge on any atom is -0.506 e. The molecule has 0 atom stereocenters. The first kappa shape index (κ1) is 6.15. The lowest BCUT2D eigenvalue weighted by Gasteiger charge is -1.87. The Morgan fingerprint density at radius 1 is 1.45 bits per heavy atom. The number of aromatic nitrogens is 3. The van der Waals surface area contributed by atoms with E-state index in [1.165, 1.54) is 6.20 Å². The average Bonchev–Trinajstić information content (AvgIpc) is 2.27. The Labute approximate surface area is 63.1 Å². The number of aryl methyl sites for hydroxylation is 1. The molecule has 11 heavy (non-hydrogen) atoms. The average molecular weight is 149 g/mol. The van der Waals surface area contributed by atoms with E-state index in [-0.39, 0.29) is 5.75 Å². The highest BCUT2D eigenvalue weighted by molar-refractivity contribution is 5.74. The quantitative estimate of drug-likeness (QED) is 0.599. The molecule has 0 amide bonds. The molecule has 4 nitrogen and oxygen atoms in total. The lowest BCUT2D eigenvalue weighted by molar-refractivity contribution is 0.474. The third kappa shape index (κ3) is 0.920. The topological polar surface area (TPSA) is 50.9 Å². The third-order valence-electron chi connectivity index (χ3n) is 1.46. The number of hydrogen-bond acceptors (Lipinski definition) is 3. The highest BCUT2D eigenvalue weighted by Crippen LogP contribution is 2.13. The summed E-state index contributed by atoms with van der Waals surface area (Å²) in [6.45, 7) is 0. The number of hydrogen-bond donors (Lipinski definition) is 1. The second-order valence-corrected chi connectivity index (χ2v) is 2.40. The molecule has 0 bridgehead atoms. The predicted octanol–water partition coefficient (Wildman–Crippen LogP) is 0.674. The highest BCUT2D eigenvalue weighted by Gasteiger charge is 1.98. The van der Waals surface area contributed by atoms with Gasteiger partial charge in [0.2, 0.25) is 0 Å². The van der Waals surface area contributed by atoms with E-state index in [2.05, 4.69) is 10.1 Å². The van der Waals surface area contributed by atoms with Crippen LogP contribution in [0.15, 0.2) is 18.5 Å². The molecule has 0 aliphatic rings. The maximum Gasteiger partial charge on any atom is 0.136 e. The van der Waals surface area contributed by atoms with Gasteiger partial charge in [-0.25, -0.2) is 4.98 Å². The van der Waals surface area contributed by atoms with Crippen LogP contribution in [0.1, 0.15) is 0 Å². The molecule has 2 heterocycles. The number of aromatic hydroxyl groups is 1. The minimum atomic E-state index is 0.149. The van der Waals surface area contributed by atoms with Crippen molar-refractivity contribution in [2.75, 3.05) is 0 Å². The number of rotatable bonds is 0. The van der Waals surface area contributed by atoms with Crippen LogP contribution in [-0.4, -0.2) is 19.9 Å².